The van der Waals surface area contributed by atoms with Gasteiger partial charge in [0.2, 0.25) is 0 Å². The van der Waals surface area contributed by atoms with Crippen molar-refractivity contribution in [1.82, 2.24) is 9.97 Å². The van der Waals surface area contributed by atoms with Crippen molar-refractivity contribution in [2.24, 2.45) is 0 Å². The zero-order valence-electron chi connectivity index (χ0n) is 12.6. The molecule has 22 heavy (non-hydrogen) atoms. The van der Waals surface area contributed by atoms with Gasteiger partial charge in [-0.3, -0.25) is 9.78 Å². The Kier molecular flexibility index (Phi) is 4.32. The summed E-state index contributed by atoms with van der Waals surface area (Å²) >= 11 is 0. The normalized spacial score (nSPS) is 14.8. The largest absolute Gasteiger partial charge is 0.490 e. The molecule has 1 N–H and O–H groups in total. The number of aromatic nitrogens is 2. The van der Waals surface area contributed by atoms with Crippen molar-refractivity contribution in [1.29, 1.82) is 0 Å². The predicted molar refractivity (Wildman–Crippen MR) is 84.0 cm³/mol. The molecule has 0 spiro atoms. The summed E-state index contributed by atoms with van der Waals surface area (Å²) in [7, 11) is 0. The van der Waals surface area contributed by atoms with Crippen LogP contribution >= 0.6 is 0 Å². The lowest BCUT2D eigenvalue weighted by atomic mass is 10.2. The molecule has 0 bridgehead atoms. The summed E-state index contributed by atoms with van der Waals surface area (Å²) in [6.07, 6.45) is 8.03. The van der Waals surface area contributed by atoms with Crippen molar-refractivity contribution in [2.45, 2.75) is 38.7 Å². The minimum atomic E-state index is -0.273. The fraction of sp³-hybridized carbons (Fsp3) is 0.353. The van der Waals surface area contributed by atoms with Crippen LogP contribution < -0.4 is 10.1 Å². The number of nitrogens with one attached hydrogen (secondary N) is 1. The van der Waals surface area contributed by atoms with Crippen LogP contribution in [0.2, 0.25) is 0 Å². The average molecular weight is 297 g/mol. The molecule has 0 radical (unpaired) electrons. The third-order valence-corrected chi connectivity index (χ3v) is 3.71. The second-order valence-corrected chi connectivity index (χ2v) is 5.55. The van der Waals surface area contributed by atoms with E-state index in [0.717, 1.165) is 24.3 Å². The maximum Gasteiger partial charge on any atom is 0.275 e. The summed E-state index contributed by atoms with van der Waals surface area (Å²) in [5.74, 6) is 0.519. The first kappa shape index (κ1) is 14.5. The molecule has 1 amide bonds. The van der Waals surface area contributed by atoms with Crippen LogP contribution in [0.1, 0.15) is 41.9 Å². The zero-order chi connectivity index (χ0) is 15.4. The fourth-order valence-electron chi connectivity index (χ4n) is 2.55. The van der Waals surface area contributed by atoms with Gasteiger partial charge in [-0.2, -0.15) is 0 Å². The van der Waals surface area contributed by atoms with Gasteiger partial charge in [0.15, 0.2) is 0 Å². The lowest BCUT2D eigenvalue weighted by Crippen LogP contribution is -2.15. The number of hydrogen-bond acceptors (Lipinski definition) is 4. The lowest BCUT2D eigenvalue weighted by molar-refractivity contribution is 0.102. The zero-order valence-corrected chi connectivity index (χ0v) is 12.6. The molecule has 3 rings (SSSR count). The maximum absolute atomic E-state index is 12.1. The Morgan fingerprint density at radius 1 is 1.23 bits per heavy atom. The molecule has 1 heterocycles. The highest BCUT2D eigenvalue weighted by molar-refractivity contribution is 6.02. The molecule has 0 saturated heterocycles. The van der Waals surface area contributed by atoms with Crippen molar-refractivity contribution >= 4 is 11.6 Å². The Hall–Kier alpha value is -2.43. The molecule has 0 unspecified atom stereocenters. The highest BCUT2D eigenvalue weighted by Gasteiger charge is 2.16. The van der Waals surface area contributed by atoms with Gasteiger partial charge in [-0.15, -0.1) is 0 Å². The van der Waals surface area contributed by atoms with Gasteiger partial charge in [0.25, 0.3) is 5.91 Å². The quantitative estimate of drug-likeness (QED) is 0.940. The number of benzene rings is 1. The molecule has 1 aromatic carbocycles. The van der Waals surface area contributed by atoms with Crippen LogP contribution in [0, 0.1) is 6.92 Å². The fourth-order valence-corrected chi connectivity index (χ4v) is 2.55. The average Bonchev–Trinajstić information content (AvgIpc) is 3.01. The number of aryl methyl sites for hydroxylation is 1. The Morgan fingerprint density at radius 2 is 2.05 bits per heavy atom. The Morgan fingerprint density at radius 3 is 2.77 bits per heavy atom. The van der Waals surface area contributed by atoms with Crippen LogP contribution in [0.5, 0.6) is 5.75 Å². The van der Waals surface area contributed by atoms with Crippen LogP contribution in [0.25, 0.3) is 0 Å². The lowest BCUT2D eigenvalue weighted by Gasteiger charge is -2.14. The van der Waals surface area contributed by atoms with Crippen molar-refractivity contribution < 1.29 is 9.53 Å². The van der Waals surface area contributed by atoms with Crippen LogP contribution in [-0.4, -0.2) is 22.0 Å². The summed E-state index contributed by atoms with van der Waals surface area (Å²) in [5.41, 5.74) is 1.78. The minimum Gasteiger partial charge on any atom is -0.490 e. The third kappa shape index (κ3) is 3.61. The standard InChI is InChI=1S/C17H19N3O2/c1-12-10-19-16(11-18-12)17(21)20-13-5-4-8-15(9-13)22-14-6-2-3-7-14/h4-5,8-11,14H,2-3,6-7H2,1H3,(H,20,21). The van der Waals surface area contributed by atoms with Gasteiger partial charge in [0.05, 0.1) is 18.0 Å². The van der Waals surface area contributed by atoms with Gasteiger partial charge in [0, 0.05) is 18.0 Å². The molecule has 1 fully saturated rings. The van der Waals surface area contributed by atoms with Crippen molar-refractivity contribution in [3.05, 3.63) is 48.0 Å². The molecule has 5 nitrogen and oxygen atoms in total. The number of carbonyl (C=O) groups is 1. The molecular weight excluding hydrogens is 278 g/mol. The van der Waals surface area contributed by atoms with E-state index in [9.17, 15) is 4.79 Å². The first-order chi connectivity index (χ1) is 10.7. The van der Waals surface area contributed by atoms with E-state index >= 15 is 0 Å². The van der Waals surface area contributed by atoms with Gasteiger partial charge < -0.3 is 10.1 Å². The Balaban J connectivity index is 1.66. The molecular formula is C17H19N3O2. The van der Waals surface area contributed by atoms with E-state index in [1.54, 1.807) is 6.20 Å². The molecule has 1 aliphatic carbocycles. The van der Waals surface area contributed by atoms with E-state index in [-0.39, 0.29) is 5.91 Å². The van der Waals surface area contributed by atoms with Crippen LogP contribution in [0.15, 0.2) is 36.7 Å². The second-order valence-electron chi connectivity index (χ2n) is 5.55. The molecule has 1 saturated carbocycles. The van der Waals surface area contributed by atoms with E-state index in [2.05, 4.69) is 15.3 Å². The monoisotopic (exact) mass is 297 g/mol. The molecule has 5 heteroatoms. The van der Waals surface area contributed by atoms with E-state index in [1.165, 1.54) is 19.0 Å². The Bertz CT molecular complexity index is 649. The summed E-state index contributed by atoms with van der Waals surface area (Å²) in [6, 6.07) is 7.47. The van der Waals surface area contributed by atoms with Crippen molar-refractivity contribution in [3.63, 3.8) is 0 Å². The molecule has 0 aliphatic heterocycles. The van der Waals surface area contributed by atoms with Crippen molar-refractivity contribution in [3.8, 4) is 5.75 Å². The van der Waals surface area contributed by atoms with E-state index in [0.29, 0.717) is 17.5 Å². The molecule has 1 aromatic heterocycles. The van der Waals surface area contributed by atoms with Gasteiger partial charge in [-0.1, -0.05) is 6.07 Å². The summed E-state index contributed by atoms with van der Waals surface area (Å²) in [6.45, 7) is 1.83. The van der Waals surface area contributed by atoms with Crippen LogP contribution in [0.4, 0.5) is 5.69 Å². The van der Waals surface area contributed by atoms with Crippen LogP contribution in [0.3, 0.4) is 0 Å². The first-order valence-corrected chi connectivity index (χ1v) is 7.57. The SMILES string of the molecule is Cc1cnc(C(=O)Nc2cccc(OC3CCCC3)c2)cn1. The van der Waals surface area contributed by atoms with Gasteiger partial charge in [0.1, 0.15) is 11.4 Å². The van der Waals surface area contributed by atoms with E-state index in [1.807, 2.05) is 31.2 Å². The predicted octanol–water partition coefficient (Wildman–Crippen LogP) is 3.36. The highest BCUT2D eigenvalue weighted by Crippen LogP contribution is 2.25. The van der Waals surface area contributed by atoms with Gasteiger partial charge in [-0.05, 0) is 44.7 Å². The van der Waals surface area contributed by atoms with Gasteiger partial charge >= 0.3 is 0 Å². The maximum atomic E-state index is 12.1. The number of carbonyl (C=O) groups excluding carboxylic acids is 1. The number of amides is 1. The number of nitrogens with zero attached hydrogens (tertiary/aromatic N) is 2. The smallest absolute Gasteiger partial charge is 0.275 e. The number of hydrogen-bond donors (Lipinski definition) is 1. The first-order valence-electron chi connectivity index (χ1n) is 7.57. The highest BCUT2D eigenvalue weighted by atomic mass is 16.5. The van der Waals surface area contributed by atoms with E-state index < -0.39 is 0 Å². The summed E-state index contributed by atoms with van der Waals surface area (Å²) in [4.78, 5) is 20.3. The number of anilines is 1. The molecule has 0 atom stereocenters. The van der Waals surface area contributed by atoms with Gasteiger partial charge in [-0.25, -0.2) is 4.98 Å². The van der Waals surface area contributed by atoms with Crippen LogP contribution in [-0.2, 0) is 0 Å². The minimum absolute atomic E-state index is 0.273. The van der Waals surface area contributed by atoms with E-state index in [4.69, 9.17) is 4.74 Å². The molecule has 1 aliphatic rings. The Labute approximate surface area is 129 Å². The molecule has 114 valence electrons. The topological polar surface area (TPSA) is 64.1 Å². The number of rotatable bonds is 4. The third-order valence-electron chi connectivity index (χ3n) is 3.71. The second kappa shape index (κ2) is 6.56. The summed E-state index contributed by atoms with van der Waals surface area (Å²) < 4.78 is 5.94. The van der Waals surface area contributed by atoms with Crippen molar-refractivity contribution in [2.75, 3.05) is 5.32 Å². The molecule has 2 aromatic rings. The number of ether oxygens (including phenoxy) is 1. The summed E-state index contributed by atoms with van der Waals surface area (Å²) in [5, 5.41) is 2.82.